The van der Waals surface area contributed by atoms with Crippen LogP contribution < -0.4 is 24.4 Å². The maximum absolute atomic E-state index is 13.3. The molecule has 1 N–H and O–H groups in total. The Bertz CT molecular complexity index is 1240. The van der Waals surface area contributed by atoms with Gasteiger partial charge in [0.25, 0.3) is 5.91 Å². The van der Waals surface area contributed by atoms with E-state index in [1.807, 2.05) is 57.2 Å². The number of hydrogen-bond donors (Lipinski definition) is 1. The molecular formula is C28H31N3O5. The van der Waals surface area contributed by atoms with Crippen molar-refractivity contribution in [2.24, 2.45) is 0 Å². The second kappa shape index (κ2) is 11.6. The van der Waals surface area contributed by atoms with Crippen molar-refractivity contribution in [1.82, 2.24) is 10.3 Å². The standard InChI is InChI=1S/C28H31N3O5/c1-4-34-24-11-9-20(18-25(24)35-5-2)12-15-29-26(32)13-16-31-22-17-19(3)8-10-23(22)36-27-21(28(31)33)7-6-14-30-27/h6-11,14,17-18H,4-5,12-13,15-16H2,1-3H3,(H,29,32). The van der Waals surface area contributed by atoms with Crippen LogP contribution >= 0.6 is 0 Å². The predicted molar refractivity (Wildman–Crippen MR) is 137 cm³/mol. The van der Waals surface area contributed by atoms with Crippen molar-refractivity contribution in [3.63, 3.8) is 0 Å². The first-order valence-corrected chi connectivity index (χ1v) is 12.2. The van der Waals surface area contributed by atoms with Gasteiger partial charge in [0.15, 0.2) is 17.2 Å². The molecule has 2 aromatic carbocycles. The molecule has 4 rings (SSSR count). The van der Waals surface area contributed by atoms with Gasteiger partial charge >= 0.3 is 0 Å². The van der Waals surface area contributed by atoms with Crippen LogP contribution in [0.15, 0.2) is 54.7 Å². The molecule has 0 fully saturated rings. The Kier molecular flexibility index (Phi) is 8.05. The van der Waals surface area contributed by atoms with Gasteiger partial charge in [-0.3, -0.25) is 9.59 Å². The van der Waals surface area contributed by atoms with E-state index < -0.39 is 0 Å². The van der Waals surface area contributed by atoms with E-state index >= 15 is 0 Å². The molecule has 1 aliphatic heterocycles. The zero-order chi connectivity index (χ0) is 25.5. The first kappa shape index (κ1) is 25.0. The number of carbonyl (C=O) groups is 2. The molecule has 0 bridgehead atoms. The number of amides is 2. The molecule has 0 atom stereocenters. The highest BCUT2D eigenvalue weighted by molar-refractivity contribution is 6.09. The van der Waals surface area contributed by atoms with Gasteiger partial charge < -0.3 is 24.4 Å². The molecule has 188 valence electrons. The lowest BCUT2D eigenvalue weighted by Gasteiger charge is -2.22. The van der Waals surface area contributed by atoms with Crippen LogP contribution in [0.2, 0.25) is 0 Å². The number of hydrogen-bond acceptors (Lipinski definition) is 6. The molecule has 0 radical (unpaired) electrons. The molecule has 2 heterocycles. The molecule has 0 spiro atoms. The smallest absolute Gasteiger partial charge is 0.263 e. The fourth-order valence-corrected chi connectivity index (χ4v) is 4.04. The lowest BCUT2D eigenvalue weighted by atomic mass is 10.1. The Morgan fingerprint density at radius 2 is 1.86 bits per heavy atom. The molecule has 0 saturated heterocycles. The third-order valence-corrected chi connectivity index (χ3v) is 5.76. The monoisotopic (exact) mass is 489 g/mol. The summed E-state index contributed by atoms with van der Waals surface area (Å²) in [6.07, 6.45) is 2.39. The first-order chi connectivity index (χ1) is 17.5. The van der Waals surface area contributed by atoms with E-state index in [1.54, 1.807) is 23.2 Å². The number of rotatable bonds is 10. The third-order valence-electron chi connectivity index (χ3n) is 5.76. The lowest BCUT2D eigenvalue weighted by molar-refractivity contribution is -0.120. The van der Waals surface area contributed by atoms with Gasteiger partial charge in [0.2, 0.25) is 11.8 Å². The van der Waals surface area contributed by atoms with Crippen LogP contribution in [0, 0.1) is 6.92 Å². The zero-order valence-corrected chi connectivity index (χ0v) is 20.9. The number of aryl methyl sites for hydroxylation is 1. The van der Waals surface area contributed by atoms with Crippen molar-refractivity contribution < 1.29 is 23.8 Å². The van der Waals surface area contributed by atoms with Crippen molar-refractivity contribution in [2.45, 2.75) is 33.6 Å². The van der Waals surface area contributed by atoms with Crippen molar-refractivity contribution >= 4 is 17.5 Å². The Morgan fingerprint density at radius 3 is 2.67 bits per heavy atom. The average molecular weight is 490 g/mol. The molecule has 0 unspecified atom stereocenters. The van der Waals surface area contributed by atoms with Crippen molar-refractivity contribution in [1.29, 1.82) is 0 Å². The number of ether oxygens (including phenoxy) is 3. The number of nitrogens with zero attached hydrogens (tertiary/aromatic N) is 2. The minimum Gasteiger partial charge on any atom is -0.490 e. The van der Waals surface area contributed by atoms with Gasteiger partial charge in [-0.2, -0.15) is 0 Å². The molecule has 8 nitrogen and oxygen atoms in total. The summed E-state index contributed by atoms with van der Waals surface area (Å²) in [5.74, 6) is 1.84. The first-order valence-electron chi connectivity index (χ1n) is 12.2. The Balaban J connectivity index is 1.39. The topological polar surface area (TPSA) is 90.0 Å². The normalized spacial score (nSPS) is 12.2. The minimum absolute atomic E-state index is 0.135. The summed E-state index contributed by atoms with van der Waals surface area (Å²) in [6.45, 7) is 7.61. The number of aromatic nitrogens is 1. The van der Waals surface area contributed by atoms with Crippen LogP contribution in [-0.2, 0) is 11.2 Å². The third kappa shape index (κ3) is 5.76. The van der Waals surface area contributed by atoms with Gasteiger partial charge in [0.05, 0.1) is 18.9 Å². The number of benzene rings is 2. The van der Waals surface area contributed by atoms with Crippen LogP contribution in [0.5, 0.6) is 23.1 Å². The second-order valence-electron chi connectivity index (χ2n) is 8.38. The van der Waals surface area contributed by atoms with Gasteiger partial charge in [0.1, 0.15) is 5.56 Å². The summed E-state index contributed by atoms with van der Waals surface area (Å²) in [5, 5.41) is 2.95. The SMILES string of the molecule is CCOc1ccc(CCNC(=O)CCN2C(=O)c3cccnc3Oc3ccc(C)cc32)cc1OCC. The maximum atomic E-state index is 13.3. The van der Waals surface area contributed by atoms with Crippen LogP contribution in [-0.4, -0.2) is 43.1 Å². The summed E-state index contributed by atoms with van der Waals surface area (Å²) in [7, 11) is 0. The predicted octanol–water partition coefficient (Wildman–Crippen LogP) is 4.69. The highest BCUT2D eigenvalue weighted by atomic mass is 16.5. The lowest BCUT2D eigenvalue weighted by Crippen LogP contribution is -2.35. The molecule has 0 aliphatic carbocycles. The summed E-state index contributed by atoms with van der Waals surface area (Å²) >= 11 is 0. The van der Waals surface area contributed by atoms with Crippen molar-refractivity contribution in [3.05, 3.63) is 71.4 Å². The van der Waals surface area contributed by atoms with E-state index in [-0.39, 0.29) is 30.7 Å². The Labute approximate surface area is 211 Å². The van der Waals surface area contributed by atoms with Crippen LogP contribution in [0.25, 0.3) is 0 Å². The fourth-order valence-electron chi connectivity index (χ4n) is 4.04. The quantitative estimate of drug-likeness (QED) is 0.444. The number of anilines is 1. The van der Waals surface area contributed by atoms with E-state index in [0.29, 0.717) is 54.7 Å². The number of carbonyl (C=O) groups excluding carboxylic acids is 2. The molecule has 2 amide bonds. The molecule has 0 saturated carbocycles. The molecule has 8 heteroatoms. The summed E-state index contributed by atoms with van der Waals surface area (Å²) in [6, 6.07) is 14.8. The van der Waals surface area contributed by atoms with Gasteiger partial charge in [0, 0.05) is 25.7 Å². The summed E-state index contributed by atoms with van der Waals surface area (Å²) < 4.78 is 17.2. The van der Waals surface area contributed by atoms with Crippen LogP contribution in [0.1, 0.15) is 41.8 Å². The van der Waals surface area contributed by atoms with E-state index in [2.05, 4.69) is 10.3 Å². The summed E-state index contributed by atoms with van der Waals surface area (Å²) in [5.41, 5.74) is 3.02. The highest BCUT2D eigenvalue weighted by Gasteiger charge is 2.29. The van der Waals surface area contributed by atoms with E-state index in [9.17, 15) is 9.59 Å². The van der Waals surface area contributed by atoms with Crippen molar-refractivity contribution in [2.75, 3.05) is 31.2 Å². The number of nitrogens with one attached hydrogen (secondary N) is 1. The summed E-state index contributed by atoms with van der Waals surface area (Å²) in [4.78, 5) is 31.8. The van der Waals surface area contributed by atoms with E-state index in [1.165, 1.54) is 0 Å². The maximum Gasteiger partial charge on any atom is 0.263 e. The largest absolute Gasteiger partial charge is 0.490 e. The molecule has 3 aromatic rings. The van der Waals surface area contributed by atoms with Gasteiger partial charge in [-0.1, -0.05) is 12.1 Å². The molecule has 1 aliphatic rings. The minimum atomic E-state index is -0.243. The molecular weight excluding hydrogens is 458 g/mol. The second-order valence-corrected chi connectivity index (χ2v) is 8.38. The molecule has 36 heavy (non-hydrogen) atoms. The van der Waals surface area contributed by atoms with Crippen LogP contribution in [0.3, 0.4) is 0 Å². The number of pyridine rings is 1. The average Bonchev–Trinajstić information content (AvgIpc) is 2.98. The van der Waals surface area contributed by atoms with Gasteiger partial charge in [-0.15, -0.1) is 0 Å². The van der Waals surface area contributed by atoms with E-state index in [4.69, 9.17) is 14.2 Å². The van der Waals surface area contributed by atoms with Gasteiger partial charge in [-0.25, -0.2) is 4.98 Å². The Hall–Kier alpha value is -4.07. The zero-order valence-electron chi connectivity index (χ0n) is 20.9. The molecule has 1 aromatic heterocycles. The number of fused-ring (bicyclic) bond motifs is 2. The highest BCUT2D eigenvalue weighted by Crippen LogP contribution is 2.38. The van der Waals surface area contributed by atoms with E-state index in [0.717, 1.165) is 11.1 Å². The van der Waals surface area contributed by atoms with Crippen molar-refractivity contribution in [3.8, 4) is 23.1 Å². The van der Waals surface area contributed by atoms with Gasteiger partial charge in [-0.05, 0) is 74.7 Å². The Morgan fingerprint density at radius 1 is 1.06 bits per heavy atom. The van der Waals surface area contributed by atoms with Crippen LogP contribution in [0.4, 0.5) is 5.69 Å². The fraction of sp³-hybridized carbons (Fsp3) is 0.321.